The van der Waals surface area contributed by atoms with Gasteiger partial charge < -0.3 is 4.90 Å². The number of fused-ring (bicyclic) bond motifs is 1. The summed E-state index contributed by atoms with van der Waals surface area (Å²) in [5.41, 5.74) is -0.414. The highest BCUT2D eigenvalue weighted by molar-refractivity contribution is 6.37. The molecule has 9 nitrogen and oxygen atoms in total. The Morgan fingerprint density at radius 3 is 2.56 bits per heavy atom. The van der Waals surface area contributed by atoms with Crippen LogP contribution in [0.3, 0.4) is 0 Å². The van der Waals surface area contributed by atoms with Crippen LogP contribution in [-0.4, -0.2) is 35.9 Å². The lowest BCUT2D eigenvalue weighted by molar-refractivity contribution is -0.384. The van der Waals surface area contributed by atoms with E-state index < -0.39 is 34.2 Å². The van der Waals surface area contributed by atoms with Gasteiger partial charge in [-0.05, 0) is 30.2 Å². The van der Waals surface area contributed by atoms with Gasteiger partial charge in [-0.15, -0.1) is 0 Å². The minimum absolute atomic E-state index is 0.0715. The molecule has 32 heavy (non-hydrogen) atoms. The fraction of sp³-hybridized carbons (Fsp3) is 0.318. The van der Waals surface area contributed by atoms with E-state index in [1.54, 1.807) is 31.3 Å². The van der Waals surface area contributed by atoms with Crippen LogP contribution >= 0.6 is 11.6 Å². The second kappa shape index (κ2) is 7.90. The number of nitro benzene ring substituents is 1. The Morgan fingerprint density at radius 2 is 1.91 bits per heavy atom. The van der Waals surface area contributed by atoms with E-state index in [0.717, 1.165) is 4.90 Å². The van der Waals surface area contributed by atoms with Gasteiger partial charge >= 0.3 is 6.03 Å². The minimum atomic E-state index is -1.65. The summed E-state index contributed by atoms with van der Waals surface area (Å²) in [7, 11) is 1.75. The monoisotopic (exact) mass is 456 g/mol. The van der Waals surface area contributed by atoms with Gasteiger partial charge in [-0.1, -0.05) is 37.1 Å². The van der Waals surface area contributed by atoms with Crippen LogP contribution in [0.15, 0.2) is 42.5 Å². The predicted molar refractivity (Wildman–Crippen MR) is 119 cm³/mol. The highest BCUT2D eigenvalue weighted by atomic mass is 35.5. The number of rotatable bonds is 4. The maximum absolute atomic E-state index is 14.0. The molecule has 0 aromatic heterocycles. The number of hydrogen-bond acceptors (Lipinski definition) is 6. The van der Waals surface area contributed by atoms with Crippen molar-refractivity contribution in [3.05, 3.63) is 63.2 Å². The summed E-state index contributed by atoms with van der Waals surface area (Å²) in [5.74, 6) is -1.40. The molecule has 0 aliphatic carbocycles. The molecule has 0 bridgehead atoms. The van der Waals surface area contributed by atoms with Crippen molar-refractivity contribution in [2.75, 3.05) is 16.8 Å². The van der Waals surface area contributed by atoms with E-state index in [4.69, 9.17) is 11.6 Å². The quantitative estimate of drug-likeness (QED) is 0.426. The number of nitro groups is 1. The molecule has 2 aromatic carbocycles. The number of hydrogen-bond donors (Lipinski definition) is 1. The largest absolute Gasteiger partial charge is 0.370 e. The lowest BCUT2D eigenvalue weighted by atomic mass is 9.67. The zero-order chi connectivity index (χ0) is 23.2. The van der Waals surface area contributed by atoms with Gasteiger partial charge in [0.2, 0.25) is 5.91 Å². The molecule has 2 atom stereocenters. The number of urea groups is 1. The number of barbiturate groups is 1. The van der Waals surface area contributed by atoms with Crippen molar-refractivity contribution < 1.29 is 19.3 Å². The molecule has 166 valence electrons. The predicted octanol–water partition coefficient (Wildman–Crippen LogP) is 3.68. The van der Waals surface area contributed by atoms with E-state index in [1.807, 2.05) is 11.8 Å². The normalized spacial score (nSPS) is 22.7. The molecule has 2 aliphatic heterocycles. The first-order valence-corrected chi connectivity index (χ1v) is 10.5. The number of non-ortho nitro benzene ring substituents is 1. The van der Waals surface area contributed by atoms with Crippen molar-refractivity contribution in [3.8, 4) is 0 Å². The third-order valence-electron chi connectivity index (χ3n) is 6.23. The zero-order valence-electron chi connectivity index (χ0n) is 17.5. The van der Waals surface area contributed by atoms with Crippen LogP contribution in [0.25, 0.3) is 0 Å². The van der Waals surface area contributed by atoms with Gasteiger partial charge in [-0.25, -0.2) is 9.69 Å². The van der Waals surface area contributed by atoms with Crippen molar-refractivity contribution in [1.29, 1.82) is 0 Å². The number of anilines is 2. The van der Waals surface area contributed by atoms with Crippen LogP contribution in [0, 0.1) is 15.5 Å². The summed E-state index contributed by atoms with van der Waals surface area (Å²) in [6, 6.07) is 9.37. The number of nitrogens with one attached hydrogen (secondary N) is 1. The van der Waals surface area contributed by atoms with E-state index in [1.165, 1.54) is 18.2 Å². The summed E-state index contributed by atoms with van der Waals surface area (Å²) in [6.45, 7) is 1.94. The van der Waals surface area contributed by atoms with Crippen LogP contribution in [0.5, 0.6) is 0 Å². The third-order valence-corrected chi connectivity index (χ3v) is 6.55. The first kappa shape index (κ1) is 21.8. The van der Waals surface area contributed by atoms with Crippen LogP contribution in [0.1, 0.15) is 25.3 Å². The number of carbonyl (C=O) groups excluding carboxylic acids is 3. The number of halogens is 1. The number of para-hydroxylation sites is 1. The van der Waals surface area contributed by atoms with Gasteiger partial charge in [0.25, 0.3) is 11.6 Å². The third kappa shape index (κ3) is 3.12. The lowest BCUT2D eigenvalue weighted by Gasteiger charge is -2.50. The lowest BCUT2D eigenvalue weighted by Crippen LogP contribution is -2.72. The molecule has 2 aliphatic rings. The minimum Gasteiger partial charge on any atom is -0.370 e. The smallest absolute Gasteiger partial charge is 0.335 e. The average Bonchev–Trinajstić information content (AvgIpc) is 2.75. The van der Waals surface area contributed by atoms with Crippen molar-refractivity contribution >= 4 is 46.5 Å². The molecular formula is C22H21ClN4O5. The van der Waals surface area contributed by atoms with Gasteiger partial charge in [0.05, 0.1) is 21.7 Å². The summed E-state index contributed by atoms with van der Waals surface area (Å²) < 4.78 is 0. The van der Waals surface area contributed by atoms with E-state index in [-0.39, 0.29) is 22.8 Å². The van der Waals surface area contributed by atoms with Gasteiger partial charge in [0, 0.05) is 31.3 Å². The number of benzene rings is 2. The van der Waals surface area contributed by atoms with E-state index in [9.17, 15) is 24.5 Å². The van der Waals surface area contributed by atoms with Crippen LogP contribution in [-0.2, 0) is 16.0 Å². The molecule has 0 radical (unpaired) electrons. The highest BCUT2D eigenvalue weighted by Crippen LogP contribution is 2.47. The van der Waals surface area contributed by atoms with Crippen molar-refractivity contribution in [3.63, 3.8) is 0 Å². The first-order chi connectivity index (χ1) is 15.2. The molecule has 0 saturated carbocycles. The topological polar surface area (TPSA) is 113 Å². The average molecular weight is 457 g/mol. The zero-order valence-corrected chi connectivity index (χ0v) is 18.3. The van der Waals surface area contributed by atoms with Crippen molar-refractivity contribution in [1.82, 2.24) is 5.32 Å². The second-order valence-corrected chi connectivity index (χ2v) is 8.39. The molecule has 1 spiro atoms. The SMILES string of the molecule is CCC[C@@H]1N(C)c2ccc([N+](=O)[O-])cc2C[C@]12C(=O)NC(=O)N(c1ccccc1Cl)C2=O. The van der Waals surface area contributed by atoms with E-state index >= 15 is 0 Å². The van der Waals surface area contributed by atoms with E-state index in [0.29, 0.717) is 24.1 Å². The van der Waals surface area contributed by atoms with Gasteiger partial charge in [-0.3, -0.25) is 25.0 Å². The van der Waals surface area contributed by atoms with E-state index in [2.05, 4.69) is 5.32 Å². The van der Waals surface area contributed by atoms with Crippen LogP contribution in [0.2, 0.25) is 5.02 Å². The molecule has 4 rings (SSSR count). The molecule has 1 fully saturated rings. The second-order valence-electron chi connectivity index (χ2n) is 7.98. The fourth-order valence-corrected chi connectivity index (χ4v) is 4.98. The molecule has 10 heteroatoms. The molecule has 0 unspecified atom stereocenters. The van der Waals surface area contributed by atoms with Crippen molar-refractivity contribution in [2.24, 2.45) is 5.41 Å². The molecule has 1 N–H and O–H groups in total. The number of carbonyl (C=O) groups is 3. The summed E-state index contributed by atoms with van der Waals surface area (Å²) in [6.07, 6.45) is 1.11. The number of amides is 4. The summed E-state index contributed by atoms with van der Waals surface area (Å²) >= 11 is 6.27. The Morgan fingerprint density at radius 1 is 1.19 bits per heavy atom. The van der Waals surface area contributed by atoms with Gasteiger partial charge in [0.1, 0.15) is 0 Å². The maximum Gasteiger partial charge on any atom is 0.335 e. The Balaban J connectivity index is 1.91. The standard InChI is InChI=1S/C22H21ClN4O5/c1-3-6-18-22(12-13-11-14(27(31)32)9-10-16(13)25(18)2)19(28)24-21(30)26(20(22)29)17-8-5-4-7-15(17)23/h4-5,7-11,18H,3,6,12H2,1-2H3,(H,24,28,30)/t18-,22+/m0/s1. The molecule has 2 aromatic rings. The summed E-state index contributed by atoms with van der Waals surface area (Å²) in [4.78, 5) is 53.6. The van der Waals surface area contributed by atoms with Crippen LogP contribution in [0.4, 0.5) is 21.9 Å². The molecule has 2 heterocycles. The van der Waals surface area contributed by atoms with Gasteiger partial charge in [-0.2, -0.15) is 0 Å². The number of imide groups is 2. The number of nitrogens with zero attached hydrogens (tertiary/aromatic N) is 3. The molecule has 4 amide bonds. The fourth-order valence-electron chi connectivity index (χ4n) is 4.76. The molecule has 1 saturated heterocycles. The Hall–Kier alpha value is -3.46. The van der Waals surface area contributed by atoms with Crippen molar-refractivity contribution in [2.45, 2.75) is 32.2 Å². The maximum atomic E-state index is 14.0. The Kier molecular flexibility index (Phi) is 5.37. The first-order valence-electron chi connectivity index (χ1n) is 10.2. The van der Waals surface area contributed by atoms with Crippen LogP contribution < -0.4 is 15.1 Å². The van der Waals surface area contributed by atoms with Gasteiger partial charge in [0.15, 0.2) is 5.41 Å². The highest BCUT2D eigenvalue weighted by Gasteiger charge is 2.61. The Bertz CT molecular complexity index is 1150. The molecular weight excluding hydrogens is 436 g/mol. The Labute approximate surface area is 189 Å². The summed E-state index contributed by atoms with van der Waals surface area (Å²) in [5, 5.41) is 13.8.